The minimum absolute atomic E-state index is 0.108. The first-order valence-corrected chi connectivity index (χ1v) is 7.62. The van der Waals surface area contributed by atoms with E-state index in [1.807, 2.05) is 34.6 Å². The van der Waals surface area contributed by atoms with Crippen LogP contribution in [-0.2, 0) is 9.53 Å². The van der Waals surface area contributed by atoms with Gasteiger partial charge in [-0.3, -0.25) is 4.79 Å². The Labute approximate surface area is 128 Å². The molecule has 0 aromatic carbocycles. The Balaban J connectivity index is 3.60. The lowest BCUT2D eigenvalue weighted by molar-refractivity contribution is -0.122. The van der Waals surface area contributed by atoms with Crippen molar-refractivity contribution < 1.29 is 14.3 Å². The van der Waals surface area contributed by atoms with Crippen molar-refractivity contribution in [3.05, 3.63) is 0 Å². The van der Waals surface area contributed by atoms with Crippen molar-refractivity contribution in [2.24, 2.45) is 11.7 Å². The van der Waals surface area contributed by atoms with Crippen molar-refractivity contribution >= 4 is 12.0 Å². The van der Waals surface area contributed by atoms with E-state index < -0.39 is 17.7 Å². The summed E-state index contributed by atoms with van der Waals surface area (Å²) in [5.41, 5.74) is 5.29. The van der Waals surface area contributed by atoms with Gasteiger partial charge in [-0.15, -0.1) is 0 Å². The third-order valence-electron chi connectivity index (χ3n) is 2.63. The lowest BCUT2D eigenvalue weighted by atomic mass is 10.0. The molecule has 1 atom stereocenters. The molecule has 6 nitrogen and oxygen atoms in total. The van der Waals surface area contributed by atoms with Crippen LogP contribution in [-0.4, -0.2) is 36.7 Å². The molecule has 4 N–H and O–H groups in total. The second-order valence-corrected chi connectivity index (χ2v) is 6.66. The third-order valence-corrected chi connectivity index (χ3v) is 2.63. The van der Waals surface area contributed by atoms with Gasteiger partial charge in [-0.1, -0.05) is 13.8 Å². The van der Waals surface area contributed by atoms with Gasteiger partial charge in [-0.05, 0) is 46.0 Å². The Hall–Kier alpha value is -1.30. The van der Waals surface area contributed by atoms with Crippen LogP contribution in [0.15, 0.2) is 0 Å². The highest BCUT2D eigenvalue weighted by Crippen LogP contribution is 2.06. The fraction of sp³-hybridized carbons (Fsp3) is 0.867. The van der Waals surface area contributed by atoms with Gasteiger partial charge in [0.1, 0.15) is 5.60 Å². The van der Waals surface area contributed by atoms with Crippen LogP contribution < -0.4 is 16.4 Å². The average Bonchev–Trinajstić information content (AvgIpc) is 2.30. The number of amides is 2. The molecule has 0 bridgehead atoms. The van der Waals surface area contributed by atoms with Crippen LogP contribution in [0.5, 0.6) is 0 Å². The highest BCUT2D eigenvalue weighted by atomic mass is 16.6. The monoisotopic (exact) mass is 301 g/mol. The van der Waals surface area contributed by atoms with Gasteiger partial charge >= 0.3 is 6.09 Å². The second-order valence-electron chi connectivity index (χ2n) is 6.66. The first-order chi connectivity index (χ1) is 9.61. The quantitative estimate of drug-likeness (QED) is 0.596. The Bertz CT molecular complexity index is 325. The maximum atomic E-state index is 11.7. The number of hydrogen-bond acceptors (Lipinski definition) is 4. The Morgan fingerprint density at radius 3 is 2.10 bits per heavy atom. The van der Waals surface area contributed by atoms with E-state index in [0.29, 0.717) is 25.4 Å². The fourth-order valence-corrected chi connectivity index (χ4v) is 1.71. The minimum atomic E-state index is -0.482. The van der Waals surface area contributed by atoms with Crippen molar-refractivity contribution in [2.45, 2.75) is 65.5 Å². The van der Waals surface area contributed by atoms with Gasteiger partial charge in [0.15, 0.2) is 0 Å². The lowest BCUT2D eigenvalue weighted by Crippen LogP contribution is -2.41. The molecular formula is C15H31N3O3. The lowest BCUT2D eigenvalue weighted by Gasteiger charge is -2.19. The molecule has 0 aromatic rings. The summed E-state index contributed by atoms with van der Waals surface area (Å²) >= 11 is 0. The van der Waals surface area contributed by atoms with E-state index in [0.717, 1.165) is 12.8 Å². The minimum Gasteiger partial charge on any atom is -0.444 e. The van der Waals surface area contributed by atoms with Crippen molar-refractivity contribution in [2.75, 3.05) is 13.1 Å². The maximum absolute atomic E-state index is 11.7. The third kappa shape index (κ3) is 12.2. The van der Waals surface area contributed by atoms with E-state index in [-0.39, 0.29) is 5.91 Å². The number of carbonyl (C=O) groups excluding carboxylic acids is 2. The molecule has 0 unspecified atom stereocenters. The van der Waals surface area contributed by atoms with Gasteiger partial charge in [-0.25, -0.2) is 4.79 Å². The zero-order chi connectivity index (χ0) is 16.5. The summed E-state index contributed by atoms with van der Waals surface area (Å²) in [4.78, 5) is 23.0. The highest BCUT2D eigenvalue weighted by Gasteiger charge is 2.16. The molecule has 0 aromatic heterocycles. The molecule has 0 spiro atoms. The summed E-state index contributed by atoms with van der Waals surface area (Å²) in [6.45, 7) is 10.6. The first kappa shape index (κ1) is 19.7. The number of rotatable bonds is 8. The molecular weight excluding hydrogens is 270 g/mol. The Morgan fingerprint density at radius 2 is 1.62 bits per heavy atom. The van der Waals surface area contributed by atoms with Crippen molar-refractivity contribution in [1.82, 2.24) is 10.6 Å². The van der Waals surface area contributed by atoms with Gasteiger partial charge in [0, 0.05) is 13.1 Å². The number of ether oxygens (including phenoxy) is 1. The van der Waals surface area contributed by atoms with Gasteiger partial charge < -0.3 is 21.1 Å². The standard InChI is InChI=1S/C15H31N3O3/c1-11(2)10-12(16)13(19)17-8-6-7-9-18-14(20)21-15(3,4)5/h11-12H,6-10,16H2,1-5H3,(H,17,19)(H,18,20)/t12-/m0/s1. The van der Waals surface area contributed by atoms with Crippen LogP contribution in [0.2, 0.25) is 0 Å². The van der Waals surface area contributed by atoms with Gasteiger partial charge in [0.05, 0.1) is 6.04 Å². The summed E-state index contributed by atoms with van der Waals surface area (Å²) < 4.78 is 5.11. The maximum Gasteiger partial charge on any atom is 0.407 e. The molecule has 0 aliphatic heterocycles. The van der Waals surface area contributed by atoms with E-state index in [1.54, 1.807) is 0 Å². The van der Waals surface area contributed by atoms with Crippen LogP contribution in [0.1, 0.15) is 53.9 Å². The summed E-state index contributed by atoms with van der Waals surface area (Å²) in [5, 5.41) is 5.48. The summed E-state index contributed by atoms with van der Waals surface area (Å²) in [5.74, 6) is 0.299. The predicted molar refractivity (Wildman–Crippen MR) is 83.9 cm³/mol. The van der Waals surface area contributed by atoms with Gasteiger partial charge in [0.25, 0.3) is 0 Å². The summed E-state index contributed by atoms with van der Waals surface area (Å²) in [6.07, 6.45) is 1.84. The number of nitrogens with one attached hydrogen (secondary N) is 2. The molecule has 0 saturated carbocycles. The molecule has 124 valence electrons. The smallest absolute Gasteiger partial charge is 0.407 e. The highest BCUT2D eigenvalue weighted by molar-refractivity contribution is 5.81. The van der Waals surface area contributed by atoms with Crippen molar-refractivity contribution in [1.29, 1.82) is 0 Å². The number of nitrogens with two attached hydrogens (primary N) is 1. The molecule has 0 aliphatic rings. The van der Waals surface area contributed by atoms with Crippen molar-refractivity contribution in [3.8, 4) is 0 Å². The zero-order valence-electron chi connectivity index (χ0n) is 14.0. The molecule has 6 heteroatoms. The largest absolute Gasteiger partial charge is 0.444 e. The van der Waals surface area contributed by atoms with Crippen molar-refractivity contribution in [3.63, 3.8) is 0 Å². The number of hydrogen-bond donors (Lipinski definition) is 3. The molecule has 0 rings (SSSR count). The molecule has 0 saturated heterocycles. The summed E-state index contributed by atoms with van der Waals surface area (Å²) in [7, 11) is 0. The number of alkyl carbamates (subject to hydrolysis) is 1. The van der Waals surface area contributed by atoms with Crippen LogP contribution in [0.3, 0.4) is 0 Å². The second kappa shape index (κ2) is 9.60. The molecule has 21 heavy (non-hydrogen) atoms. The van der Waals surface area contributed by atoms with Crippen LogP contribution in [0, 0.1) is 5.92 Å². The zero-order valence-corrected chi connectivity index (χ0v) is 14.0. The molecule has 0 fully saturated rings. The molecule has 0 radical (unpaired) electrons. The number of carbonyl (C=O) groups is 2. The first-order valence-electron chi connectivity index (χ1n) is 7.62. The van der Waals surface area contributed by atoms with E-state index in [1.165, 1.54) is 0 Å². The summed E-state index contributed by atoms with van der Waals surface area (Å²) in [6, 6.07) is -0.440. The van der Waals surface area contributed by atoms with Crippen LogP contribution >= 0.6 is 0 Å². The predicted octanol–water partition coefficient (Wildman–Crippen LogP) is 1.78. The topological polar surface area (TPSA) is 93.5 Å². The molecule has 0 aliphatic carbocycles. The fourth-order valence-electron chi connectivity index (χ4n) is 1.71. The molecule has 0 heterocycles. The number of unbranched alkanes of at least 4 members (excludes halogenated alkanes) is 1. The molecule has 2 amide bonds. The SMILES string of the molecule is CC(C)C[C@H](N)C(=O)NCCCCNC(=O)OC(C)(C)C. The van der Waals surface area contributed by atoms with E-state index in [2.05, 4.69) is 10.6 Å². The van der Waals surface area contributed by atoms with E-state index in [4.69, 9.17) is 10.5 Å². The average molecular weight is 301 g/mol. The Morgan fingerprint density at radius 1 is 1.10 bits per heavy atom. The van der Waals surface area contributed by atoms with E-state index >= 15 is 0 Å². The van der Waals surface area contributed by atoms with Crippen LogP contribution in [0.25, 0.3) is 0 Å². The van der Waals surface area contributed by atoms with Crippen LogP contribution in [0.4, 0.5) is 4.79 Å². The Kier molecular flexibility index (Phi) is 9.01. The van der Waals surface area contributed by atoms with E-state index in [9.17, 15) is 9.59 Å². The normalized spacial score (nSPS) is 12.9. The van der Waals surface area contributed by atoms with Gasteiger partial charge in [-0.2, -0.15) is 0 Å². The van der Waals surface area contributed by atoms with Gasteiger partial charge in [0.2, 0.25) is 5.91 Å².